The largest absolute Gasteiger partial charge is 0.507 e. The molecule has 1 aliphatic heterocycles. The van der Waals surface area contributed by atoms with E-state index in [4.69, 9.17) is 17.3 Å². The Hall–Kier alpha value is -1.38. The molecule has 8 heteroatoms. The molecule has 1 heterocycles. The van der Waals surface area contributed by atoms with E-state index in [0.29, 0.717) is 21.2 Å². The third kappa shape index (κ3) is 4.33. The van der Waals surface area contributed by atoms with Gasteiger partial charge in [0.05, 0.1) is 4.91 Å². The van der Waals surface area contributed by atoms with Crippen molar-refractivity contribution in [3.05, 3.63) is 32.6 Å². The van der Waals surface area contributed by atoms with E-state index in [1.165, 1.54) is 4.90 Å². The minimum Gasteiger partial charge on any atom is -0.507 e. The first-order chi connectivity index (χ1) is 10.8. The summed E-state index contributed by atoms with van der Waals surface area (Å²) in [6.07, 6.45) is 1.95. The van der Waals surface area contributed by atoms with Crippen molar-refractivity contribution in [2.45, 2.75) is 19.8 Å². The van der Waals surface area contributed by atoms with Crippen molar-refractivity contribution in [3.63, 3.8) is 0 Å². The number of thiocarbonyl (C=S) groups is 1. The van der Waals surface area contributed by atoms with Crippen LogP contribution in [-0.4, -0.2) is 37.9 Å². The van der Waals surface area contributed by atoms with Crippen LogP contribution in [-0.2, 0) is 9.59 Å². The molecule has 1 saturated heterocycles. The number of carboxylic acids is 1. The van der Waals surface area contributed by atoms with Crippen molar-refractivity contribution in [1.29, 1.82) is 0 Å². The summed E-state index contributed by atoms with van der Waals surface area (Å²) in [7, 11) is 0. The molecular formula is C15H14BrNO4S2. The second-order valence-corrected chi connectivity index (χ2v) is 7.58. The zero-order valence-electron chi connectivity index (χ0n) is 12.2. The first-order valence-electron chi connectivity index (χ1n) is 6.76. The second-order valence-electron chi connectivity index (χ2n) is 4.99. The van der Waals surface area contributed by atoms with Crippen molar-refractivity contribution in [3.8, 4) is 5.75 Å². The lowest BCUT2D eigenvalue weighted by molar-refractivity contribution is -0.137. The van der Waals surface area contributed by atoms with E-state index in [1.54, 1.807) is 12.1 Å². The third-order valence-corrected chi connectivity index (χ3v) is 5.09. The average Bonchev–Trinajstić information content (AvgIpc) is 2.69. The van der Waals surface area contributed by atoms with Crippen LogP contribution in [0.4, 0.5) is 0 Å². The summed E-state index contributed by atoms with van der Waals surface area (Å²) in [6.45, 7) is 2.11. The molecular weight excluding hydrogens is 402 g/mol. The molecule has 0 atom stereocenters. The Morgan fingerprint density at radius 1 is 1.48 bits per heavy atom. The van der Waals surface area contributed by atoms with Gasteiger partial charge in [-0.25, -0.2) is 0 Å². The number of rotatable bonds is 5. The summed E-state index contributed by atoms with van der Waals surface area (Å²) in [5.74, 6) is -1.08. The number of aliphatic carboxylic acids is 1. The van der Waals surface area contributed by atoms with Gasteiger partial charge >= 0.3 is 5.97 Å². The van der Waals surface area contributed by atoms with Gasteiger partial charge < -0.3 is 10.2 Å². The minimum atomic E-state index is -0.901. The maximum absolute atomic E-state index is 12.4. The molecule has 0 unspecified atom stereocenters. The Bertz CT molecular complexity index is 694. The standard InChI is InChI=1S/C15H14BrNO4S2/c1-8-5-9(16)6-11(18)10(8)7-12-14(21)17(15(22)23-12)4-2-3-13(19)20/h5-7,18H,2-4H2,1H3,(H,19,20)/b12-7-. The molecule has 2 rings (SSSR count). The summed E-state index contributed by atoms with van der Waals surface area (Å²) in [4.78, 5) is 24.8. The predicted molar refractivity (Wildman–Crippen MR) is 97.3 cm³/mol. The predicted octanol–water partition coefficient (Wildman–Crippen LogP) is 3.53. The number of carbonyl (C=O) groups excluding carboxylic acids is 1. The van der Waals surface area contributed by atoms with Crippen LogP contribution in [0, 0.1) is 6.92 Å². The number of nitrogens with zero attached hydrogens (tertiary/aromatic N) is 1. The maximum atomic E-state index is 12.4. The van der Waals surface area contributed by atoms with Gasteiger partial charge in [-0.1, -0.05) is 39.9 Å². The normalized spacial score (nSPS) is 16.4. The maximum Gasteiger partial charge on any atom is 0.303 e. The van der Waals surface area contributed by atoms with Crippen molar-refractivity contribution < 1.29 is 19.8 Å². The van der Waals surface area contributed by atoms with Crippen LogP contribution in [0.15, 0.2) is 21.5 Å². The van der Waals surface area contributed by atoms with Crippen LogP contribution in [0.1, 0.15) is 24.0 Å². The molecule has 5 nitrogen and oxygen atoms in total. The van der Waals surface area contributed by atoms with E-state index < -0.39 is 5.97 Å². The van der Waals surface area contributed by atoms with E-state index in [9.17, 15) is 14.7 Å². The first-order valence-corrected chi connectivity index (χ1v) is 8.77. The molecule has 0 saturated carbocycles. The number of hydrogen-bond donors (Lipinski definition) is 2. The van der Waals surface area contributed by atoms with Gasteiger partial charge in [0, 0.05) is 23.0 Å². The number of benzene rings is 1. The zero-order valence-corrected chi connectivity index (χ0v) is 15.4. The highest BCUT2D eigenvalue weighted by Gasteiger charge is 2.32. The van der Waals surface area contributed by atoms with Crippen LogP contribution in [0.2, 0.25) is 0 Å². The number of phenols is 1. The lowest BCUT2D eigenvalue weighted by Gasteiger charge is -2.13. The summed E-state index contributed by atoms with van der Waals surface area (Å²) >= 11 is 9.64. The van der Waals surface area contributed by atoms with Crippen molar-refractivity contribution in [1.82, 2.24) is 4.90 Å². The molecule has 2 N–H and O–H groups in total. The number of halogens is 1. The summed E-state index contributed by atoms with van der Waals surface area (Å²) in [5.41, 5.74) is 1.40. The number of aryl methyl sites for hydroxylation is 1. The molecule has 1 aromatic carbocycles. The number of carboxylic acid groups (broad SMARTS) is 1. The van der Waals surface area contributed by atoms with Crippen molar-refractivity contribution in [2.75, 3.05) is 6.54 Å². The Labute approximate surface area is 151 Å². The van der Waals surface area contributed by atoms with Gasteiger partial charge in [0.15, 0.2) is 0 Å². The fourth-order valence-corrected chi connectivity index (χ4v) is 3.99. The van der Waals surface area contributed by atoms with Gasteiger partial charge in [0.2, 0.25) is 0 Å². The third-order valence-electron chi connectivity index (χ3n) is 3.25. The first kappa shape index (κ1) is 18.0. The highest BCUT2D eigenvalue weighted by molar-refractivity contribution is 9.10. The smallest absolute Gasteiger partial charge is 0.303 e. The fourth-order valence-electron chi connectivity index (χ4n) is 2.14. The fraction of sp³-hybridized carbons (Fsp3) is 0.267. The molecule has 0 spiro atoms. The highest BCUT2D eigenvalue weighted by atomic mass is 79.9. The Kier molecular flexibility index (Phi) is 5.83. The molecule has 0 radical (unpaired) electrons. The van der Waals surface area contributed by atoms with E-state index in [1.807, 2.05) is 13.0 Å². The molecule has 1 aromatic rings. The molecule has 1 aliphatic rings. The van der Waals surface area contributed by atoms with Gasteiger partial charge in [-0.3, -0.25) is 14.5 Å². The molecule has 1 fully saturated rings. The Morgan fingerprint density at radius 2 is 2.17 bits per heavy atom. The van der Waals surface area contributed by atoms with E-state index in [-0.39, 0.29) is 24.6 Å². The molecule has 0 aliphatic carbocycles. The number of carbonyl (C=O) groups is 2. The van der Waals surface area contributed by atoms with Crippen LogP contribution in [0.5, 0.6) is 5.75 Å². The topological polar surface area (TPSA) is 77.8 Å². The van der Waals surface area contributed by atoms with E-state index in [2.05, 4.69) is 15.9 Å². The number of aromatic hydroxyl groups is 1. The van der Waals surface area contributed by atoms with Crippen LogP contribution in [0.3, 0.4) is 0 Å². The molecule has 1 amide bonds. The van der Waals surface area contributed by atoms with Crippen molar-refractivity contribution in [2.24, 2.45) is 0 Å². The van der Waals surface area contributed by atoms with Crippen LogP contribution in [0.25, 0.3) is 6.08 Å². The zero-order chi connectivity index (χ0) is 17.1. The van der Waals surface area contributed by atoms with E-state index in [0.717, 1.165) is 21.8 Å². The molecule has 122 valence electrons. The van der Waals surface area contributed by atoms with Gasteiger partial charge in [-0.05, 0) is 37.1 Å². The van der Waals surface area contributed by atoms with Crippen LogP contribution >= 0.6 is 39.9 Å². The van der Waals surface area contributed by atoms with Gasteiger partial charge in [-0.2, -0.15) is 0 Å². The monoisotopic (exact) mass is 415 g/mol. The highest BCUT2D eigenvalue weighted by Crippen LogP contribution is 2.36. The lowest BCUT2D eigenvalue weighted by Crippen LogP contribution is -2.29. The Balaban J connectivity index is 2.20. The van der Waals surface area contributed by atoms with Gasteiger partial charge in [0.25, 0.3) is 5.91 Å². The van der Waals surface area contributed by atoms with Crippen molar-refractivity contribution >= 4 is 62.2 Å². The van der Waals surface area contributed by atoms with E-state index >= 15 is 0 Å². The minimum absolute atomic E-state index is 0.0112. The molecule has 0 aromatic heterocycles. The SMILES string of the molecule is Cc1cc(Br)cc(O)c1/C=C1\SC(=S)N(CCCC(=O)O)C1=O. The number of hydrogen-bond acceptors (Lipinski definition) is 5. The lowest BCUT2D eigenvalue weighted by atomic mass is 10.1. The average molecular weight is 416 g/mol. The number of thioether (sulfide) groups is 1. The molecule has 0 bridgehead atoms. The van der Waals surface area contributed by atoms with Gasteiger partial charge in [0.1, 0.15) is 10.1 Å². The summed E-state index contributed by atoms with van der Waals surface area (Å²) in [6, 6.07) is 3.41. The summed E-state index contributed by atoms with van der Waals surface area (Å²) < 4.78 is 1.16. The number of amides is 1. The quantitative estimate of drug-likeness (QED) is 0.565. The van der Waals surface area contributed by atoms with Gasteiger partial charge in [-0.15, -0.1) is 0 Å². The number of phenolic OH excluding ortho intramolecular Hbond substituents is 1. The van der Waals surface area contributed by atoms with Crippen LogP contribution < -0.4 is 0 Å². The molecule has 23 heavy (non-hydrogen) atoms. The Morgan fingerprint density at radius 3 is 2.78 bits per heavy atom. The summed E-state index contributed by atoms with van der Waals surface area (Å²) in [5, 5.41) is 18.7. The second kappa shape index (κ2) is 7.46.